The van der Waals surface area contributed by atoms with Gasteiger partial charge in [0, 0.05) is 19.4 Å². The predicted molar refractivity (Wildman–Crippen MR) is 126 cm³/mol. The van der Waals surface area contributed by atoms with Crippen molar-refractivity contribution in [3.63, 3.8) is 0 Å². The average molecular weight is 396 g/mol. The first-order chi connectivity index (χ1) is 13.7. The van der Waals surface area contributed by atoms with E-state index in [1.54, 1.807) is 0 Å². The minimum absolute atomic E-state index is 0.466. The van der Waals surface area contributed by atoms with Crippen LogP contribution in [-0.2, 0) is 4.79 Å². The fourth-order valence-electron chi connectivity index (χ4n) is 3.99. The van der Waals surface area contributed by atoms with E-state index in [0.29, 0.717) is 5.78 Å². The SMILES string of the molecule is CCCCCCCCCCCCCCCCCCCC(=O)CCN(CC)CC. The van der Waals surface area contributed by atoms with E-state index in [4.69, 9.17) is 0 Å². The molecule has 0 unspecified atom stereocenters. The molecular formula is C26H53NO. The van der Waals surface area contributed by atoms with Crippen LogP contribution in [0.1, 0.15) is 143 Å². The molecule has 0 aliphatic heterocycles. The van der Waals surface area contributed by atoms with Gasteiger partial charge in [-0.1, -0.05) is 124 Å². The molecule has 0 aromatic heterocycles. The van der Waals surface area contributed by atoms with Crippen molar-refractivity contribution < 1.29 is 4.79 Å². The molecule has 0 atom stereocenters. The number of hydrogen-bond donors (Lipinski definition) is 0. The zero-order valence-corrected chi connectivity index (χ0v) is 19.9. The van der Waals surface area contributed by atoms with Gasteiger partial charge in [-0.25, -0.2) is 0 Å². The first-order valence-corrected chi connectivity index (χ1v) is 13.0. The van der Waals surface area contributed by atoms with Crippen molar-refractivity contribution in [3.05, 3.63) is 0 Å². The smallest absolute Gasteiger partial charge is 0.134 e. The lowest BCUT2D eigenvalue weighted by atomic mass is 10.0. The summed E-state index contributed by atoms with van der Waals surface area (Å²) in [6, 6.07) is 0. The second kappa shape index (κ2) is 22.9. The van der Waals surface area contributed by atoms with Crippen molar-refractivity contribution in [2.45, 2.75) is 143 Å². The maximum absolute atomic E-state index is 11.9. The maximum atomic E-state index is 11.9. The minimum atomic E-state index is 0.466. The summed E-state index contributed by atoms with van der Waals surface area (Å²) in [5.74, 6) is 0.466. The van der Waals surface area contributed by atoms with Crippen molar-refractivity contribution in [2.24, 2.45) is 0 Å². The molecule has 2 heteroatoms. The molecule has 0 amide bonds. The van der Waals surface area contributed by atoms with Crippen LogP contribution in [0.3, 0.4) is 0 Å². The van der Waals surface area contributed by atoms with Crippen LogP contribution < -0.4 is 0 Å². The van der Waals surface area contributed by atoms with Crippen LogP contribution >= 0.6 is 0 Å². The van der Waals surface area contributed by atoms with Gasteiger partial charge in [-0.15, -0.1) is 0 Å². The van der Waals surface area contributed by atoms with Crippen LogP contribution in [-0.4, -0.2) is 30.3 Å². The van der Waals surface area contributed by atoms with Gasteiger partial charge in [0.1, 0.15) is 5.78 Å². The van der Waals surface area contributed by atoms with Crippen molar-refractivity contribution in [2.75, 3.05) is 19.6 Å². The molecule has 0 saturated heterocycles. The third-order valence-electron chi connectivity index (χ3n) is 6.16. The molecule has 0 N–H and O–H groups in total. The number of unbranched alkanes of at least 4 members (excludes halogenated alkanes) is 16. The van der Waals surface area contributed by atoms with Gasteiger partial charge < -0.3 is 4.90 Å². The van der Waals surface area contributed by atoms with Gasteiger partial charge in [0.15, 0.2) is 0 Å². The second-order valence-corrected chi connectivity index (χ2v) is 8.72. The Hall–Kier alpha value is -0.370. The number of carbonyl (C=O) groups excluding carboxylic acids is 1. The fourth-order valence-corrected chi connectivity index (χ4v) is 3.99. The van der Waals surface area contributed by atoms with Crippen LogP contribution in [0.4, 0.5) is 0 Å². The number of rotatable bonds is 23. The van der Waals surface area contributed by atoms with Gasteiger partial charge >= 0.3 is 0 Å². The summed E-state index contributed by atoms with van der Waals surface area (Å²) in [5, 5.41) is 0. The largest absolute Gasteiger partial charge is 0.303 e. The summed E-state index contributed by atoms with van der Waals surface area (Å²) in [7, 11) is 0. The lowest BCUT2D eigenvalue weighted by Gasteiger charge is -2.16. The highest BCUT2D eigenvalue weighted by Crippen LogP contribution is 2.14. The van der Waals surface area contributed by atoms with Crippen LogP contribution in [0.15, 0.2) is 0 Å². The van der Waals surface area contributed by atoms with E-state index in [-0.39, 0.29) is 0 Å². The molecule has 0 aromatic carbocycles. The van der Waals surface area contributed by atoms with Crippen LogP contribution in [0.25, 0.3) is 0 Å². The molecular weight excluding hydrogens is 342 g/mol. The summed E-state index contributed by atoms with van der Waals surface area (Å²) in [4.78, 5) is 14.3. The molecule has 0 rings (SSSR count). The van der Waals surface area contributed by atoms with E-state index in [0.717, 1.165) is 38.9 Å². The Kier molecular flexibility index (Phi) is 22.6. The van der Waals surface area contributed by atoms with Gasteiger partial charge in [0.05, 0.1) is 0 Å². The molecule has 0 aliphatic rings. The molecule has 168 valence electrons. The maximum Gasteiger partial charge on any atom is 0.134 e. The summed E-state index contributed by atoms with van der Waals surface area (Å²) < 4.78 is 0. The Morgan fingerprint density at radius 1 is 0.500 bits per heavy atom. The van der Waals surface area contributed by atoms with E-state index in [1.165, 1.54) is 103 Å². The van der Waals surface area contributed by atoms with Gasteiger partial charge in [0.2, 0.25) is 0 Å². The number of nitrogens with zero attached hydrogens (tertiary/aromatic N) is 1. The van der Waals surface area contributed by atoms with Crippen molar-refractivity contribution in [3.8, 4) is 0 Å². The zero-order valence-electron chi connectivity index (χ0n) is 19.9. The lowest BCUT2D eigenvalue weighted by molar-refractivity contribution is -0.119. The number of hydrogen-bond acceptors (Lipinski definition) is 2. The van der Waals surface area contributed by atoms with Crippen molar-refractivity contribution in [1.82, 2.24) is 4.90 Å². The predicted octanol–water partition coefficient (Wildman–Crippen LogP) is 8.33. The van der Waals surface area contributed by atoms with E-state index in [9.17, 15) is 4.79 Å². The Balaban J connectivity index is 3.16. The molecule has 28 heavy (non-hydrogen) atoms. The average Bonchev–Trinajstić information content (AvgIpc) is 2.71. The summed E-state index contributed by atoms with van der Waals surface area (Å²) in [6.45, 7) is 9.70. The summed E-state index contributed by atoms with van der Waals surface area (Å²) >= 11 is 0. The quantitative estimate of drug-likeness (QED) is 0.162. The topological polar surface area (TPSA) is 20.3 Å². The highest BCUT2D eigenvalue weighted by atomic mass is 16.1. The first-order valence-electron chi connectivity index (χ1n) is 13.0. The van der Waals surface area contributed by atoms with Crippen molar-refractivity contribution in [1.29, 1.82) is 0 Å². The van der Waals surface area contributed by atoms with Crippen LogP contribution in [0.2, 0.25) is 0 Å². The van der Waals surface area contributed by atoms with Crippen molar-refractivity contribution >= 4 is 5.78 Å². The minimum Gasteiger partial charge on any atom is -0.303 e. The molecule has 0 spiro atoms. The molecule has 0 aliphatic carbocycles. The number of carbonyl (C=O) groups is 1. The first kappa shape index (κ1) is 27.6. The Labute approximate surface area is 178 Å². The van der Waals surface area contributed by atoms with E-state index in [2.05, 4.69) is 25.7 Å². The monoisotopic (exact) mass is 395 g/mol. The van der Waals surface area contributed by atoms with E-state index in [1.807, 2.05) is 0 Å². The fraction of sp³-hybridized carbons (Fsp3) is 0.962. The Morgan fingerprint density at radius 2 is 0.857 bits per heavy atom. The molecule has 2 nitrogen and oxygen atoms in total. The third-order valence-corrected chi connectivity index (χ3v) is 6.16. The molecule has 0 heterocycles. The van der Waals surface area contributed by atoms with E-state index < -0.39 is 0 Å². The Bertz CT molecular complexity index is 312. The molecule has 0 saturated carbocycles. The normalized spacial score (nSPS) is 11.4. The van der Waals surface area contributed by atoms with Gasteiger partial charge in [-0.3, -0.25) is 4.79 Å². The summed E-state index contributed by atoms with van der Waals surface area (Å²) in [6.07, 6.45) is 25.2. The van der Waals surface area contributed by atoms with Gasteiger partial charge in [0.25, 0.3) is 0 Å². The zero-order chi connectivity index (χ0) is 20.7. The molecule has 0 aromatic rings. The van der Waals surface area contributed by atoms with Gasteiger partial charge in [-0.05, 0) is 19.5 Å². The highest BCUT2D eigenvalue weighted by molar-refractivity contribution is 5.78. The highest BCUT2D eigenvalue weighted by Gasteiger charge is 2.05. The van der Waals surface area contributed by atoms with Gasteiger partial charge in [-0.2, -0.15) is 0 Å². The molecule has 0 radical (unpaired) electrons. The Morgan fingerprint density at radius 3 is 1.21 bits per heavy atom. The standard InChI is InChI=1S/C26H53NO/c1-4-7-8-9-10-11-12-13-14-15-16-17-18-19-20-21-22-23-26(28)24-25-27(5-2)6-3/h4-25H2,1-3H3. The molecule has 0 bridgehead atoms. The van der Waals surface area contributed by atoms with Crippen LogP contribution in [0.5, 0.6) is 0 Å². The molecule has 0 fully saturated rings. The van der Waals surface area contributed by atoms with E-state index >= 15 is 0 Å². The number of ketones is 1. The summed E-state index contributed by atoms with van der Waals surface area (Å²) in [5.41, 5.74) is 0. The second-order valence-electron chi connectivity index (χ2n) is 8.72. The number of Topliss-reactive ketones (excluding diaryl/α,β-unsaturated/α-hetero) is 1. The van der Waals surface area contributed by atoms with Crippen LogP contribution in [0, 0.1) is 0 Å². The lowest BCUT2D eigenvalue weighted by Crippen LogP contribution is -2.25. The third kappa shape index (κ3) is 20.4.